The van der Waals surface area contributed by atoms with Gasteiger partial charge in [0.05, 0.1) is 0 Å². The zero-order valence-corrected chi connectivity index (χ0v) is 15.9. The van der Waals surface area contributed by atoms with Gasteiger partial charge < -0.3 is 24.8 Å². The van der Waals surface area contributed by atoms with Crippen LogP contribution < -0.4 is 35.3 Å². The minimum atomic E-state index is 0. The van der Waals surface area contributed by atoms with Crippen LogP contribution in [-0.4, -0.2) is 0 Å². The molecule has 2 aliphatic carbocycles. The van der Waals surface area contributed by atoms with Gasteiger partial charge in [-0.3, -0.25) is 6.08 Å². The molecule has 0 aromatic heterocycles. The van der Waals surface area contributed by atoms with E-state index in [0.29, 0.717) is 0 Å². The van der Waals surface area contributed by atoms with Gasteiger partial charge in [0.15, 0.2) is 0 Å². The molecule has 2 aromatic carbocycles. The molecule has 2 aliphatic rings. The minimum absolute atomic E-state index is 0. The van der Waals surface area contributed by atoms with Gasteiger partial charge in [0, 0.05) is 0 Å². The Balaban J connectivity index is 0.000000482. The SMILES string of the molecule is C=c1cccc2c1=[C-]c1ccccc1-2.[C-]1=CC=CC1.[Cl-].[Cl-].[Zr+4]. The number of benzene rings is 2. The van der Waals surface area contributed by atoms with Crippen LogP contribution in [0.15, 0.2) is 60.7 Å². The number of rotatable bonds is 0. The van der Waals surface area contributed by atoms with E-state index in [0.717, 1.165) is 16.9 Å². The van der Waals surface area contributed by atoms with Gasteiger partial charge in [-0.05, 0) is 0 Å². The van der Waals surface area contributed by atoms with Crippen molar-refractivity contribution in [3.63, 3.8) is 0 Å². The van der Waals surface area contributed by atoms with Gasteiger partial charge in [-0.2, -0.15) is 6.08 Å². The first-order valence-electron chi connectivity index (χ1n) is 6.39. The third kappa shape index (κ3) is 4.56. The molecule has 0 bridgehead atoms. The van der Waals surface area contributed by atoms with Crippen molar-refractivity contribution in [2.75, 3.05) is 0 Å². The van der Waals surface area contributed by atoms with Crippen LogP contribution in [0.5, 0.6) is 0 Å². The van der Waals surface area contributed by atoms with Crippen LogP contribution in [0.3, 0.4) is 0 Å². The second kappa shape index (κ2) is 10.0. The molecule has 0 spiro atoms. The van der Waals surface area contributed by atoms with Crippen LogP contribution in [0.4, 0.5) is 0 Å². The quantitative estimate of drug-likeness (QED) is 0.353. The molecule has 0 aliphatic heterocycles. The molecule has 3 heteroatoms. The third-order valence-corrected chi connectivity index (χ3v) is 3.21. The molecular formula is C19H14Cl2Zr. The molecule has 0 radical (unpaired) electrons. The Kier molecular flexibility index (Phi) is 9.60. The van der Waals surface area contributed by atoms with Crippen LogP contribution in [0.25, 0.3) is 23.8 Å². The predicted molar refractivity (Wildman–Crippen MR) is 80.7 cm³/mol. The van der Waals surface area contributed by atoms with E-state index in [1.165, 1.54) is 16.7 Å². The monoisotopic (exact) mass is 402 g/mol. The van der Waals surface area contributed by atoms with Gasteiger partial charge in [-0.1, -0.05) is 41.6 Å². The summed E-state index contributed by atoms with van der Waals surface area (Å²) in [5, 5.41) is 2.20. The van der Waals surface area contributed by atoms with Crippen molar-refractivity contribution < 1.29 is 51.0 Å². The van der Waals surface area contributed by atoms with Crippen LogP contribution in [0, 0.1) is 6.08 Å². The summed E-state index contributed by atoms with van der Waals surface area (Å²) in [6.07, 6.45) is 13.4. The topological polar surface area (TPSA) is 0 Å². The first kappa shape index (κ1) is 21.1. The molecule has 0 heterocycles. The Morgan fingerprint density at radius 3 is 2.27 bits per heavy atom. The molecule has 108 valence electrons. The number of hydrogen-bond acceptors (Lipinski definition) is 0. The zero-order valence-electron chi connectivity index (χ0n) is 11.9. The summed E-state index contributed by atoms with van der Waals surface area (Å²) in [5.74, 6) is 0. The molecule has 2 aromatic rings. The van der Waals surface area contributed by atoms with E-state index in [1.54, 1.807) is 0 Å². The summed E-state index contributed by atoms with van der Waals surface area (Å²) >= 11 is 0. The largest absolute Gasteiger partial charge is 4.00 e. The zero-order chi connectivity index (χ0) is 13.1. The van der Waals surface area contributed by atoms with Gasteiger partial charge in [-0.15, -0.1) is 47.1 Å². The van der Waals surface area contributed by atoms with Gasteiger partial charge in [-0.25, -0.2) is 12.2 Å². The summed E-state index contributed by atoms with van der Waals surface area (Å²) in [6.45, 7) is 4.01. The molecule has 0 saturated heterocycles. The van der Waals surface area contributed by atoms with E-state index in [9.17, 15) is 0 Å². The number of halogens is 2. The molecule has 0 fully saturated rings. The second-order valence-corrected chi connectivity index (χ2v) is 4.51. The first-order valence-corrected chi connectivity index (χ1v) is 6.39. The first-order chi connectivity index (χ1) is 9.36. The van der Waals surface area contributed by atoms with Crippen LogP contribution in [-0.2, 0) is 26.2 Å². The Bertz CT molecular complexity index is 766. The Labute approximate surface area is 163 Å². The molecule has 0 nitrogen and oxygen atoms in total. The van der Waals surface area contributed by atoms with E-state index >= 15 is 0 Å². The standard InChI is InChI=1S/C14H9.C5H5.2ClH.Zr/c1-10-5-4-8-13-12-7-3-2-6-11(12)9-14(10)13;1-2-4-5-3-1;;;/h2-8H,1H2;1-3H,4H2;2*1H;/q2*-1;;;+4/p-2. The van der Waals surface area contributed by atoms with Crippen LogP contribution >= 0.6 is 0 Å². The van der Waals surface area contributed by atoms with Crippen molar-refractivity contribution in [2.45, 2.75) is 6.42 Å². The van der Waals surface area contributed by atoms with Crippen molar-refractivity contribution in [1.82, 2.24) is 0 Å². The fourth-order valence-electron chi connectivity index (χ4n) is 2.27. The smallest absolute Gasteiger partial charge is 1.00 e. The van der Waals surface area contributed by atoms with E-state index in [4.69, 9.17) is 0 Å². The van der Waals surface area contributed by atoms with Gasteiger partial charge >= 0.3 is 26.2 Å². The van der Waals surface area contributed by atoms with Crippen molar-refractivity contribution in [3.8, 4) is 11.1 Å². The fourth-order valence-corrected chi connectivity index (χ4v) is 2.27. The van der Waals surface area contributed by atoms with Crippen molar-refractivity contribution >= 4 is 12.7 Å². The normalized spacial score (nSPS) is 11.5. The fraction of sp³-hybridized carbons (Fsp3) is 0.0526. The molecule has 4 rings (SSSR count). The summed E-state index contributed by atoms with van der Waals surface area (Å²) in [4.78, 5) is 0. The third-order valence-electron chi connectivity index (χ3n) is 3.21. The molecule has 22 heavy (non-hydrogen) atoms. The van der Waals surface area contributed by atoms with E-state index in [1.807, 2.05) is 30.4 Å². The summed E-state index contributed by atoms with van der Waals surface area (Å²) in [6, 6.07) is 14.5. The number of hydrogen-bond donors (Lipinski definition) is 0. The summed E-state index contributed by atoms with van der Waals surface area (Å²) in [5.41, 5.74) is 3.71. The van der Waals surface area contributed by atoms with E-state index in [-0.39, 0.29) is 51.0 Å². The predicted octanol–water partition coefficient (Wildman–Crippen LogP) is -2.91. The summed E-state index contributed by atoms with van der Waals surface area (Å²) < 4.78 is 0. The Hall–Kier alpha value is -0.877. The summed E-state index contributed by atoms with van der Waals surface area (Å²) in [7, 11) is 0. The van der Waals surface area contributed by atoms with Crippen LogP contribution in [0.2, 0.25) is 0 Å². The maximum absolute atomic E-state index is 4.01. The molecule has 0 N–H and O–H groups in total. The maximum Gasteiger partial charge on any atom is 4.00 e. The maximum atomic E-state index is 4.01. The molecule has 0 amide bonds. The van der Waals surface area contributed by atoms with Crippen molar-refractivity contribution in [2.24, 2.45) is 0 Å². The van der Waals surface area contributed by atoms with Gasteiger partial charge in [0.1, 0.15) is 0 Å². The van der Waals surface area contributed by atoms with E-state index in [2.05, 4.69) is 49.1 Å². The molecule has 0 unspecified atom stereocenters. The molecule has 0 saturated carbocycles. The van der Waals surface area contributed by atoms with Crippen molar-refractivity contribution in [1.29, 1.82) is 0 Å². The molecular weight excluding hydrogens is 390 g/mol. The molecule has 0 atom stereocenters. The number of fused-ring (bicyclic) bond motifs is 3. The average molecular weight is 404 g/mol. The number of allylic oxidation sites excluding steroid dienone is 4. The van der Waals surface area contributed by atoms with Crippen LogP contribution in [0.1, 0.15) is 12.0 Å². The minimum Gasteiger partial charge on any atom is -1.00 e. The van der Waals surface area contributed by atoms with E-state index < -0.39 is 0 Å². The van der Waals surface area contributed by atoms with Crippen molar-refractivity contribution in [3.05, 3.63) is 82.8 Å². The van der Waals surface area contributed by atoms with Gasteiger partial charge in [0.25, 0.3) is 0 Å². The second-order valence-electron chi connectivity index (χ2n) is 4.51. The Morgan fingerprint density at radius 2 is 1.64 bits per heavy atom. The average Bonchev–Trinajstić information content (AvgIpc) is 3.10. The Morgan fingerprint density at radius 1 is 0.909 bits per heavy atom. The van der Waals surface area contributed by atoms with Gasteiger partial charge in [0.2, 0.25) is 0 Å².